The highest BCUT2D eigenvalue weighted by atomic mass is 32.1. The minimum absolute atomic E-state index is 0.0135. The molecule has 3 N–H and O–H groups in total. The number of aryl methyl sites for hydroxylation is 2. The van der Waals surface area contributed by atoms with Gasteiger partial charge < -0.3 is 20.6 Å². The Morgan fingerprint density at radius 1 is 0.951 bits per heavy atom. The van der Waals surface area contributed by atoms with Gasteiger partial charge in [0.25, 0.3) is 11.8 Å². The molecule has 2 atom stereocenters. The van der Waals surface area contributed by atoms with Crippen LogP contribution in [0.3, 0.4) is 0 Å². The molecule has 0 saturated heterocycles. The van der Waals surface area contributed by atoms with Gasteiger partial charge in [-0.2, -0.15) is 0 Å². The highest BCUT2D eigenvalue weighted by Crippen LogP contribution is 2.16. The SMILES string of the molecule is CCCN(CCC)C(=O)c1cc(C)cc(C(=O)N[C@@H](Cc2cc(F)cc(F)c2)[C@H](O)CNCc2nnc(CC)s2)c1. The Balaban J connectivity index is 1.79. The quantitative estimate of drug-likeness (QED) is 0.243. The Morgan fingerprint density at radius 2 is 1.59 bits per heavy atom. The van der Waals surface area contributed by atoms with Crippen LogP contribution >= 0.6 is 11.3 Å². The predicted octanol–water partition coefficient (Wildman–Crippen LogP) is 4.44. The van der Waals surface area contributed by atoms with Gasteiger partial charge in [0.1, 0.15) is 21.6 Å². The molecule has 0 bridgehead atoms. The Labute approximate surface area is 244 Å². The summed E-state index contributed by atoms with van der Waals surface area (Å²) in [7, 11) is 0. The predicted molar refractivity (Wildman–Crippen MR) is 156 cm³/mol. The molecule has 0 aliphatic heterocycles. The van der Waals surface area contributed by atoms with Gasteiger partial charge in [-0.05, 0) is 74.1 Å². The van der Waals surface area contributed by atoms with E-state index in [9.17, 15) is 23.5 Å². The number of benzene rings is 2. The molecule has 41 heavy (non-hydrogen) atoms. The van der Waals surface area contributed by atoms with Gasteiger partial charge in [0.15, 0.2) is 0 Å². The van der Waals surface area contributed by atoms with Gasteiger partial charge in [0.2, 0.25) is 0 Å². The molecule has 11 heteroatoms. The van der Waals surface area contributed by atoms with E-state index < -0.39 is 29.7 Å². The summed E-state index contributed by atoms with van der Waals surface area (Å²) in [6.07, 6.45) is 1.30. The van der Waals surface area contributed by atoms with Crippen molar-refractivity contribution >= 4 is 23.2 Å². The zero-order valence-corrected chi connectivity index (χ0v) is 24.9. The Morgan fingerprint density at radius 3 is 2.20 bits per heavy atom. The number of aliphatic hydroxyl groups is 1. The molecular formula is C30H39F2N5O3S. The van der Waals surface area contributed by atoms with Crippen LogP contribution in [0.5, 0.6) is 0 Å². The molecule has 2 aromatic carbocycles. The van der Waals surface area contributed by atoms with Crippen molar-refractivity contribution in [3.63, 3.8) is 0 Å². The molecule has 1 heterocycles. The number of carbonyl (C=O) groups is 2. The van der Waals surface area contributed by atoms with E-state index in [2.05, 4.69) is 20.8 Å². The summed E-state index contributed by atoms with van der Waals surface area (Å²) in [5.41, 5.74) is 1.70. The van der Waals surface area contributed by atoms with Crippen LogP contribution in [0.2, 0.25) is 0 Å². The first-order valence-corrected chi connectivity index (χ1v) is 14.8. The van der Waals surface area contributed by atoms with Crippen LogP contribution in [-0.2, 0) is 19.4 Å². The highest BCUT2D eigenvalue weighted by molar-refractivity contribution is 7.11. The Bertz CT molecular complexity index is 1290. The number of hydrogen-bond acceptors (Lipinski definition) is 7. The molecular weight excluding hydrogens is 548 g/mol. The van der Waals surface area contributed by atoms with Gasteiger partial charge in [-0.25, -0.2) is 8.78 Å². The minimum Gasteiger partial charge on any atom is -0.390 e. The van der Waals surface area contributed by atoms with Crippen molar-refractivity contribution < 1.29 is 23.5 Å². The summed E-state index contributed by atoms with van der Waals surface area (Å²) < 4.78 is 27.8. The zero-order valence-electron chi connectivity index (χ0n) is 24.0. The lowest BCUT2D eigenvalue weighted by atomic mass is 9.99. The monoisotopic (exact) mass is 587 g/mol. The van der Waals surface area contributed by atoms with Crippen LogP contribution in [0.25, 0.3) is 0 Å². The Kier molecular flexibility index (Phi) is 12.3. The summed E-state index contributed by atoms with van der Waals surface area (Å²) in [5, 5.41) is 26.9. The molecule has 8 nitrogen and oxygen atoms in total. The summed E-state index contributed by atoms with van der Waals surface area (Å²) in [5.74, 6) is -2.14. The van der Waals surface area contributed by atoms with Crippen molar-refractivity contribution in [3.05, 3.63) is 80.3 Å². The third-order valence-corrected chi connectivity index (χ3v) is 7.53. The summed E-state index contributed by atoms with van der Waals surface area (Å²) in [6.45, 7) is 9.50. The van der Waals surface area contributed by atoms with Gasteiger partial charge in [-0.3, -0.25) is 9.59 Å². The van der Waals surface area contributed by atoms with E-state index in [4.69, 9.17) is 0 Å². The van der Waals surface area contributed by atoms with Gasteiger partial charge in [0.05, 0.1) is 12.1 Å². The number of rotatable bonds is 15. The fourth-order valence-corrected chi connectivity index (χ4v) is 5.32. The molecule has 0 spiro atoms. The molecule has 222 valence electrons. The standard InChI is InChI=1S/C30H39F2N5O3S/c1-5-8-37(9-6-2)30(40)22-11-19(4)10-21(15-22)29(39)34-25(14-20-12-23(31)16-24(32)13-20)26(38)17-33-18-28-36-35-27(7-3)41-28/h10-13,15-16,25-26,33,38H,5-9,14,17-18H2,1-4H3,(H,34,39)/t25-,26+/m0/s1. The van der Waals surface area contributed by atoms with Gasteiger partial charge in [-0.1, -0.05) is 20.8 Å². The topological polar surface area (TPSA) is 107 Å². The average molecular weight is 588 g/mol. The maximum absolute atomic E-state index is 13.9. The molecule has 0 aliphatic rings. The average Bonchev–Trinajstić information content (AvgIpc) is 3.39. The number of aromatic nitrogens is 2. The van der Waals surface area contributed by atoms with E-state index in [0.717, 1.165) is 40.9 Å². The summed E-state index contributed by atoms with van der Waals surface area (Å²) >= 11 is 1.47. The molecule has 0 aliphatic carbocycles. The van der Waals surface area contributed by atoms with Crippen molar-refractivity contribution in [2.24, 2.45) is 0 Å². The number of amides is 2. The molecule has 0 unspecified atom stereocenters. The largest absolute Gasteiger partial charge is 0.390 e. The second-order valence-electron chi connectivity index (χ2n) is 10.1. The van der Waals surface area contributed by atoms with Crippen molar-refractivity contribution in [3.8, 4) is 0 Å². The molecule has 2 amide bonds. The van der Waals surface area contributed by atoms with E-state index in [-0.39, 0.29) is 24.4 Å². The summed E-state index contributed by atoms with van der Waals surface area (Å²) in [4.78, 5) is 28.4. The van der Waals surface area contributed by atoms with Crippen LogP contribution in [0.1, 0.15) is 75.5 Å². The third-order valence-electron chi connectivity index (χ3n) is 6.46. The van der Waals surface area contributed by atoms with Crippen molar-refractivity contribution in [2.45, 2.75) is 72.1 Å². The second-order valence-corrected chi connectivity index (χ2v) is 11.2. The Hall–Kier alpha value is -3.28. The summed E-state index contributed by atoms with van der Waals surface area (Å²) in [6, 6.07) is 7.21. The van der Waals surface area contributed by atoms with E-state index in [0.29, 0.717) is 30.8 Å². The first-order valence-electron chi connectivity index (χ1n) is 14.0. The van der Waals surface area contributed by atoms with Crippen molar-refractivity contribution in [1.82, 2.24) is 25.7 Å². The second kappa shape index (κ2) is 15.6. The number of hydrogen-bond donors (Lipinski definition) is 3. The molecule has 3 aromatic rings. The normalized spacial score (nSPS) is 12.7. The van der Waals surface area contributed by atoms with Crippen LogP contribution in [0, 0.1) is 18.6 Å². The number of nitrogens with zero attached hydrogens (tertiary/aromatic N) is 3. The number of halogens is 2. The zero-order chi connectivity index (χ0) is 29.9. The molecule has 0 radical (unpaired) electrons. The van der Waals surface area contributed by atoms with Crippen molar-refractivity contribution in [1.29, 1.82) is 0 Å². The highest BCUT2D eigenvalue weighted by Gasteiger charge is 2.24. The fourth-order valence-electron chi connectivity index (χ4n) is 4.56. The maximum Gasteiger partial charge on any atom is 0.253 e. The lowest BCUT2D eigenvalue weighted by molar-refractivity contribution is 0.0755. The lowest BCUT2D eigenvalue weighted by Crippen LogP contribution is -2.48. The first-order chi connectivity index (χ1) is 19.6. The van der Waals surface area contributed by atoms with Crippen LogP contribution in [-0.4, -0.2) is 63.8 Å². The fraction of sp³-hybridized carbons (Fsp3) is 0.467. The van der Waals surface area contributed by atoms with Gasteiger partial charge in [0, 0.05) is 43.4 Å². The van der Waals surface area contributed by atoms with Crippen LogP contribution in [0.15, 0.2) is 36.4 Å². The van der Waals surface area contributed by atoms with Crippen LogP contribution in [0.4, 0.5) is 8.78 Å². The molecule has 1 aromatic heterocycles. The number of carbonyl (C=O) groups excluding carboxylic acids is 2. The number of aliphatic hydroxyl groups excluding tert-OH is 1. The van der Waals surface area contributed by atoms with E-state index >= 15 is 0 Å². The van der Waals surface area contributed by atoms with Gasteiger partial charge in [-0.15, -0.1) is 21.5 Å². The van der Waals surface area contributed by atoms with E-state index in [1.807, 2.05) is 20.8 Å². The lowest BCUT2D eigenvalue weighted by Gasteiger charge is -2.25. The molecule has 0 saturated carbocycles. The number of nitrogens with one attached hydrogen (secondary N) is 2. The van der Waals surface area contributed by atoms with E-state index in [1.165, 1.54) is 23.5 Å². The van der Waals surface area contributed by atoms with Gasteiger partial charge >= 0.3 is 0 Å². The molecule has 3 rings (SSSR count). The first kappa shape index (κ1) is 32.2. The molecule has 0 fully saturated rings. The van der Waals surface area contributed by atoms with Crippen molar-refractivity contribution in [2.75, 3.05) is 19.6 Å². The van der Waals surface area contributed by atoms with Crippen LogP contribution < -0.4 is 10.6 Å². The van der Waals surface area contributed by atoms with E-state index in [1.54, 1.807) is 30.0 Å². The minimum atomic E-state index is -1.10. The maximum atomic E-state index is 13.9. The smallest absolute Gasteiger partial charge is 0.253 e. The third kappa shape index (κ3) is 9.65.